The van der Waals surface area contributed by atoms with Crippen LogP contribution in [-0.4, -0.2) is 32.9 Å². The third-order valence-corrected chi connectivity index (χ3v) is 4.09. The molecule has 1 rings (SSSR count). The molecule has 5 nitrogen and oxygen atoms in total. The van der Waals surface area contributed by atoms with Crippen LogP contribution in [0.2, 0.25) is 0 Å². The van der Waals surface area contributed by atoms with E-state index in [1.807, 2.05) is 0 Å². The van der Waals surface area contributed by atoms with Crippen LogP contribution < -0.4 is 10.0 Å². The lowest BCUT2D eigenvalue weighted by molar-refractivity contribution is 0.475. The zero-order valence-electron chi connectivity index (χ0n) is 9.13. The van der Waals surface area contributed by atoms with Gasteiger partial charge in [-0.15, -0.1) is 0 Å². The fourth-order valence-corrected chi connectivity index (χ4v) is 2.47. The van der Waals surface area contributed by atoms with Crippen molar-refractivity contribution in [3.05, 3.63) is 24.3 Å². The molecule has 0 aromatic heterocycles. The van der Waals surface area contributed by atoms with Gasteiger partial charge in [-0.25, -0.2) is 8.42 Å². The summed E-state index contributed by atoms with van der Waals surface area (Å²) in [4.78, 5) is 0. The van der Waals surface area contributed by atoms with Gasteiger partial charge in [0.1, 0.15) is 5.75 Å². The normalized spacial score (nSPS) is 11.4. The monoisotopic (exact) mass is 244 g/mol. The lowest BCUT2D eigenvalue weighted by Gasteiger charge is -2.19. The molecule has 0 amide bonds. The molecule has 0 saturated carbocycles. The molecule has 0 fully saturated rings. The number of benzene rings is 1. The lowest BCUT2D eigenvalue weighted by atomic mass is 10.3. The fourth-order valence-electron chi connectivity index (χ4n) is 1.23. The van der Waals surface area contributed by atoms with Crippen LogP contribution in [0.25, 0.3) is 0 Å². The van der Waals surface area contributed by atoms with E-state index in [4.69, 9.17) is 10.8 Å². The zero-order chi connectivity index (χ0) is 12.2. The van der Waals surface area contributed by atoms with Gasteiger partial charge in [-0.1, -0.05) is 0 Å². The Kier molecular flexibility index (Phi) is 4.14. The van der Waals surface area contributed by atoms with Gasteiger partial charge in [0.25, 0.3) is 0 Å². The van der Waals surface area contributed by atoms with Gasteiger partial charge in [0.05, 0.1) is 11.4 Å². The summed E-state index contributed by atoms with van der Waals surface area (Å²) < 4.78 is 24.8. The van der Waals surface area contributed by atoms with Crippen LogP contribution in [-0.2, 0) is 10.0 Å². The summed E-state index contributed by atoms with van der Waals surface area (Å²) in [6, 6.07) is 6.00. The van der Waals surface area contributed by atoms with Gasteiger partial charge >= 0.3 is 0 Å². The Morgan fingerprint density at radius 2 is 1.88 bits per heavy atom. The summed E-state index contributed by atoms with van der Waals surface area (Å²) in [5.41, 5.74) is 5.80. The van der Waals surface area contributed by atoms with Crippen molar-refractivity contribution in [3.63, 3.8) is 0 Å². The number of phenols is 1. The van der Waals surface area contributed by atoms with E-state index in [0.29, 0.717) is 18.7 Å². The van der Waals surface area contributed by atoms with Crippen LogP contribution in [0.1, 0.15) is 6.42 Å². The standard InChI is InChI=1S/C10H16N2O3S/c1-12(16(14,15)8-2-7-11)9-3-5-10(13)6-4-9/h3-6,13H,2,7-8,11H2,1H3. The molecule has 1 aromatic rings. The van der Waals surface area contributed by atoms with Crippen LogP contribution in [0, 0.1) is 0 Å². The van der Waals surface area contributed by atoms with Gasteiger partial charge < -0.3 is 10.8 Å². The van der Waals surface area contributed by atoms with Crippen LogP contribution in [0.3, 0.4) is 0 Å². The predicted octanol–water partition coefficient (Wildman–Crippen LogP) is 0.507. The van der Waals surface area contributed by atoms with Crippen molar-refractivity contribution in [1.29, 1.82) is 0 Å². The van der Waals surface area contributed by atoms with E-state index in [1.54, 1.807) is 12.1 Å². The fraction of sp³-hybridized carbons (Fsp3) is 0.400. The first-order chi connectivity index (χ1) is 7.47. The van der Waals surface area contributed by atoms with E-state index >= 15 is 0 Å². The topological polar surface area (TPSA) is 83.6 Å². The molecule has 0 radical (unpaired) electrons. The van der Waals surface area contributed by atoms with Crippen molar-refractivity contribution in [3.8, 4) is 5.75 Å². The summed E-state index contributed by atoms with van der Waals surface area (Å²) in [5.74, 6) is 0.137. The molecule has 6 heteroatoms. The van der Waals surface area contributed by atoms with Gasteiger partial charge in [-0.3, -0.25) is 4.31 Å². The average molecular weight is 244 g/mol. The Bertz CT molecular complexity index is 428. The van der Waals surface area contributed by atoms with Gasteiger partial charge in [-0.05, 0) is 37.2 Å². The van der Waals surface area contributed by atoms with Gasteiger partial charge in [0, 0.05) is 7.05 Å². The quantitative estimate of drug-likeness (QED) is 0.790. The second-order valence-corrected chi connectivity index (χ2v) is 5.56. The maximum Gasteiger partial charge on any atom is 0.234 e. The van der Waals surface area contributed by atoms with Crippen molar-refractivity contribution < 1.29 is 13.5 Å². The molecule has 0 aliphatic rings. The van der Waals surface area contributed by atoms with Crippen LogP contribution in [0.4, 0.5) is 5.69 Å². The Labute approximate surface area is 95.5 Å². The second-order valence-electron chi connectivity index (χ2n) is 3.44. The average Bonchev–Trinajstić information content (AvgIpc) is 2.26. The van der Waals surface area contributed by atoms with Crippen LogP contribution in [0.5, 0.6) is 5.75 Å². The van der Waals surface area contributed by atoms with Crippen LogP contribution >= 0.6 is 0 Å². The molecule has 0 unspecified atom stereocenters. The summed E-state index contributed by atoms with van der Waals surface area (Å²) in [7, 11) is -1.83. The number of sulfonamides is 1. The maximum absolute atomic E-state index is 11.8. The highest BCUT2D eigenvalue weighted by atomic mass is 32.2. The Balaban J connectivity index is 2.84. The van der Waals surface area contributed by atoms with E-state index in [9.17, 15) is 8.42 Å². The minimum absolute atomic E-state index is 0.0286. The zero-order valence-corrected chi connectivity index (χ0v) is 9.94. The summed E-state index contributed by atoms with van der Waals surface area (Å²) in [5, 5.41) is 9.10. The molecule has 90 valence electrons. The number of hydrogen-bond donors (Lipinski definition) is 2. The van der Waals surface area contributed by atoms with Gasteiger partial charge in [-0.2, -0.15) is 0 Å². The lowest BCUT2D eigenvalue weighted by Crippen LogP contribution is -2.29. The Morgan fingerprint density at radius 1 is 1.31 bits per heavy atom. The van der Waals surface area contributed by atoms with Gasteiger partial charge in [0.15, 0.2) is 0 Å². The van der Waals surface area contributed by atoms with E-state index in [2.05, 4.69) is 0 Å². The molecule has 0 saturated heterocycles. The largest absolute Gasteiger partial charge is 0.508 e. The summed E-state index contributed by atoms with van der Waals surface area (Å²) in [6.45, 7) is 0.350. The van der Waals surface area contributed by atoms with Crippen molar-refractivity contribution in [2.75, 3.05) is 23.7 Å². The number of anilines is 1. The molecule has 0 bridgehead atoms. The number of hydrogen-bond acceptors (Lipinski definition) is 4. The number of rotatable bonds is 5. The first-order valence-corrected chi connectivity index (χ1v) is 6.54. The first kappa shape index (κ1) is 12.8. The minimum atomic E-state index is -3.32. The molecule has 0 spiro atoms. The molecular weight excluding hydrogens is 228 g/mol. The minimum Gasteiger partial charge on any atom is -0.508 e. The first-order valence-electron chi connectivity index (χ1n) is 4.93. The number of nitrogens with two attached hydrogens (primary N) is 1. The van der Waals surface area contributed by atoms with E-state index in [0.717, 1.165) is 0 Å². The highest BCUT2D eigenvalue weighted by molar-refractivity contribution is 7.92. The number of nitrogens with zero attached hydrogens (tertiary/aromatic N) is 1. The van der Waals surface area contributed by atoms with E-state index < -0.39 is 10.0 Å². The summed E-state index contributed by atoms with van der Waals surface area (Å²) >= 11 is 0. The smallest absolute Gasteiger partial charge is 0.234 e. The van der Waals surface area contributed by atoms with Crippen LogP contribution in [0.15, 0.2) is 24.3 Å². The van der Waals surface area contributed by atoms with Crippen molar-refractivity contribution in [2.45, 2.75) is 6.42 Å². The molecule has 16 heavy (non-hydrogen) atoms. The maximum atomic E-state index is 11.8. The number of phenolic OH excluding ortho intramolecular Hbond substituents is 1. The molecule has 0 atom stereocenters. The number of aromatic hydroxyl groups is 1. The second kappa shape index (κ2) is 5.18. The van der Waals surface area contributed by atoms with Crippen molar-refractivity contribution in [2.24, 2.45) is 5.73 Å². The molecule has 0 aliphatic carbocycles. The van der Waals surface area contributed by atoms with Crippen molar-refractivity contribution >= 4 is 15.7 Å². The molecule has 0 heterocycles. The third-order valence-electron chi connectivity index (χ3n) is 2.24. The molecule has 3 N–H and O–H groups in total. The predicted molar refractivity (Wildman–Crippen MR) is 64.0 cm³/mol. The van der Waals surface area contributed by atoms with Gasteiger partial charge in [0.2, 0.25) is 10.0 Å². The van der Waals surface area contributed by atoms with E-state index in [-0.39, 0.29) is 11.5 Å². The Morgan fingerprint density at radius 3 is 2.38 bits per heavy atom. The van der Waals surface area contributed by atoms with E-state index in [1.165, 1.54) is 23.5 Å². The third kappa shape index (κ3) is 3.11. The highest BCUT2D eigenvalue weighted by Gasteiger charge is 2.17. The molecule has 0 aliphatic heterocycles. The molecule has 1 aromatic carbocycles. The Hall–Kier alpha value is -1.27. The SMILES string of the molecule is CN(c1ccc(O)cc1)S(=O)(=O)CCCN. The van der Waals surface area contributed by atoms with Crippen molar-refractivity contribution in [1.82, 2.24) is 0 Å². The summed E-state index contributed by atoms with van der Waals surface area (Å²) in [6.07, 6.45) is 0.435. The highest BCUT2D eigenvalue weighted by Crippen LogP contribution is 2.19. The molecular formula is C10H16N2O3S.